The van der Waals surface area contributed by atoms with Crippen LogP contribution >= 0.6 is 21.6 Å². The van der Waals surface area contributed by atoms with E-state index in [-0.39, 0.29) is 10.5 Å². The van der Waals surface area contributed by atoms with Gasteiger partial charge in [-0.1, -0.05) is 21.6 Å². The van der Waals surface area contributed by atoms with Gasteiger partial charge in [0.1, 0.15) is 12.6 Å². The van der Waals surface area contributed by atoms with Crippen molar-refractivity contribution in [2.75, 3.05) is 0 Å². The molecule has 78 valence electrons. The number of carbonyl (C=O) groups excluding carboxylic acids is 2. The maximum atomic E-state index is 10.5. The quantitative estimate of drug-likeness (QED) is 0.359. The summed E-state index contributed by atoms with van der Waals surface area (Å²) < 4.78 is 0. The number of hydrogen-bond donors (Lipinski definition) is 2. The van der Waals surface area contributed by atoms with E-state index in [0.717, 1.165) is 12.6 Å². The maximum Gasteiger partial charge on any atom is 0.134 e. The number of hydrogen-bond acceptors (Lipinski definition) is 6. The molecule has 0 fully saturated rings. The highest BCUT2D eigenvalue weighted by atomic mass is 33.1. The molecular weight excluding hydrogens is 220 g/mol. The number of nitrogens with one attached hydrogen (secondary N) is 2. The van der Waals surface area contributed by atoms with Gasteiger partial charge in [0, 0.05) is 12.8 Å². The van der Waals surface area contributed by atoms with Crippen LogP contribution in [0.3, 0.4) is 0 Å². The zero-order chi connectivity index (χ0) is 10.8. The summed E-state index contributed by atoms with van der Waals surface area (Å²) in [6.07, 6.45) is 4.68. The molecular formula is C8H12N2O2S2. The van der Waals surface area contributed by atoms with Crippen LogP contribution in [0.4, 0.5) is 0 Å². The topological polar surface area (TPSA) is 81.8 Å². The fourth-order valence-electron chi connectivity index (χ4n) is 0.610. The first-order valence-electron chi connectivity index (χ1n) is 3.99. The average Bonchev–Trinajstić information content (AvgIpc) is 2.22. The number of carbonyl (C=O) groups is 2. The molecule has 0 aromatic heterocycles. The van der Waals surface area contributed by atoms with Gasteiger partial charge >= 0.3 is 0 Å². The van der Waals surface area contributed by atoms with E-state index in [4.69, 9.17) is 10.8 Å². The SMILES string of the molecule is N=CCC(C=O)SSC(C=O)CC=N. The van der Waals surface area contributed by atoms with Crippen LogP contribution in [0.2, 0.25) is 0 Å². The average molecular weight is 232 g/mol. The van der Waals surface area contributed by atoms with Crippen molar-refractivity contribution >= 4 is 46.6 Å². The summed E-state index contributed by atoms with van der Waals surface area (Å²) in [6.45, 7) is 0. The van der Waals surface area contributed by atoms with Crippen LogP contribution in [0.15, 0.2) is 0 Å². The Morgan fingerprint density at radius 1 is 0.929 bits per heavy atom. The molecule has 0 radical (unpaired) electrons. The molecule has 0 spiro atoms. The maximum absolute atomic E-state index is 10.5. The Labute approximate surface area is 90.6 Å². The standard InChI is InChI=1S/C8H12N2O2S2/c9-3-1-7(5-11)13-14-8(6-12)2-4-10/h3-10H,1-2H2. The van der Waals surface area contributed by atoms with Crippen molar-refractivity contribution in [2.45, 2.75) is 23.3 Å². The predicted octanol–water partition coefficient (Wildman–Crippen LogP) is 1.58. The zero-order valence-electron chi connectivity index (χ0n) is 7.51. The third kappa shape index (κ3) is 5.93. The molecule has 0 aliphatic heterocycles. The van der Waals surface area contributed by atoms with Gasteiger partial charge in [0.05, 0.1) is 10.5 Å². The molecule has 0 aliphatic rings. The van der Waals surface area contributed by atoms with E-state index in [1.54, 1.807) is 0 Å². The summed E-state index contributed by atoms with van der Waals surface area (Å²) in [7, 11) is 2.56. The molecule has 0 aromatic rings. The molecule has 0 saturated heterocycles. The van der Waals surface area contributed by atoms with Crippen LogP contribution in [-0.4, -0.2) is 35.5 Å². The van der Waals surface area contributed by atoms with Crippen molar-refractivity contribution in [3.05, 3.63) is 0 Å². The Morgan fingerprint density at radius 2 is 1.29 bits per heavy atom. The van der Waals surface area contributed by atoms with Crippen LogP contribution in [0, 0.1) is 10.8 Å². The lowest BCUT2D eigenvalue weighted by atomic mass is 10.3. The highest BCUT2D eigenvalue weighted by molar-refractivity contribution is 8.77. The Morgan fingerprint density at radius 3 is 1.50 bits per heavy atom. The van der Waals surface area contributed by atoms with Crippen molar-refractivity contribution in [1.29, 1.82) is 10.8 Å². The number of rotatable bonds is 9. The van der Waals surface area contributed by atoms with Gasteiger partial charge < -0.3 is 20.4 Å². The second-order valence-corrected chi connectivity index (χ2v) is 5.17. The minimum atomic E-state index is -0.273. The lowest BCUT2D eigenvalue weighted by Crippen LogP contribution is -2.07. The molecule has 0 bridgehead atoms. The van der Waals surface area contributed by atoms with Gasteiger partial charge in [-0.2, -0.15) is 0 Å². The Hall–Kier alpha value is -0.620. The Balaban J connectivity index is 3.85. The van der Waals surface area contributed by atoms with Crippen LogP contribution < -0.4 is 0 Å². The minimum absolute atomic E-state index is 0.273. The monoisotopic (exact) mass is 232 g/mol. The summed E-state index contributed by atoms with van der Waals surface area (Å²) in [5.41, 5.74) is 0. The summed E-state index contributed by atoms with van der Waals surface area (Å²) in [5.74, 6) is 0. The van der Waals surface area contributed by atoms with Crippen molar-refractivity contribution in [1.82, 2.24) is 0 Å². The first kappa shape index (κ1) is 13.4. The predicted molar refractivity (Wildman–Crippen MR) is 61.7 cm³/mol. The molecule has 0 aromatic carbocycles. The first-order valence-corrected chi connectivity index (χ1v) is 6.26. The van der Waals surface area contributed by atoms with Gasteiger partial charge in [0.15, 0.2) is 0 Å². The Bertz CT molecular complexity index is 190. The molecule has 2 unspecified atom stereocenters. The fourth-order valence-corrected chi connectivity index (χ4v) is 2.94. The third-order valence-electron chi connectivity index (χ3n) is 1.31. The molecule has 0 saturated carbocycles. The fraction of sp³-hybridized carbons (Fsp3) is 0.500. The molecule has 0 heterocycles. The molecule has 2 N–H and O–H groups in total. The van der Waals surface area contributed by atoms with Gasteiger partial charge in [-0.3, -0.25) is 0 Å². The second kappa shape index (κ2) is 8.96. The van der Waals surface area contributed by atoms with E-state index < -0.39 is 0 Å². The van der Waals surface area contributed by atoms with Crippen LogP contribution in [0.5, 0.6) is 0 Å². The Kier molecular flexibility index (Phi) is 8.56. The smallest absolute Gasteiger partial charge is 0.134 e. The second-order valence-electron chi connectivity index (χ2n) is 2.42. The molecule has 0 rings (SSSR count). The molecule has 6 heteroatoms. The van der Waals surface area contributed by atoms with E-state index in [1.165, 1.54) is 34.0 Å². The van der Waals surface area contributed by atoms with Gasteiger partial charge in [-0.05, 0) is 12.4 Å². The van der Waals surface area contributed by atoms with Crippen LogP contribution in [0.25, 0.3) is 0 Å². The lowest BCUT2D eigenvalue weighted by molar-refractivity contribution is -0.108. The molecule has 0 amide bonds. The van der Waals surface area contributed by atoms with E-state index >= 15 is 0 Å². The number of aldehydes is 2. The third-order valence-corrected chi connectivity index (χ3v) is 4.34. The van der Waals surface area contributed by atoms with E-state index in [1.807, 2.05) is 0 Å². The van der Waals surface area contributed by atoms with Crippen molar-refractivity contribution in [3.63, 3.8) is 0 Å². The van der Waals surface area contributed by atoms with Gasteiger partial charge in [-0.25, -0.2) is 0 Å². The largest absolute Gasteiger partial charge is 0.313 e. The van der Waals surface area contributed by atoms with Gasteiger partial charge in [-0.15, -0.1) is 0 Å². The summed E-state index contributed by atoms with van der Waals surface area (Å²) >= 11 is 0. The zero-order valence-corrected chi connectivity index (χ0v) is 9.14. The van der Waals surface area contributed by atoms with Crippen LogP contribution in [-0.2, 0) is 9.59 Å². The normalized spacial score (nSPS) is 14.0. The van der Waals surface area contributed by atoms with Gasteiger partial charge in [0.25, 0.3) is 0 Å². The van der Waals surface area contributed by atoms with E-state index in [0.29, 0.717) is 12.8 Å². The summed E-state index contributed by atoms with van der Waals surface area (Å²) in [5, 5.41) is 13.1. The minimum Gasteiger partial charge on any atom is -0.313 e. The molecule has 14 heavy (non-hydrogen) atoms. The first-order chi connectivity index (χ1) is 6.78. The van der Waals surface area contributed by atoms with Crippen molar-refractivity contribution in [3.8, 4) is 0 Å². The lowest BCUT2D eigenvalue weighted by Gasteiger charge is -2.09. The summed E-state index contributed by atoms with van der Waals surface area (Å²) in [4.78, 5) is 21.0. The summed E-state index contributed by atoms with van der Waals surface area (Å²) in [6, 6.07) is 0. The molecule has 4 nitrogen and oxygen atoms in total. The molecule has 2 atom stereocenters. The van der Waals surface area contributed by atoms with E-state index in [2.05, 4.69) is 0 Å². The van der Waals surface area contributed by atoms with Gasteiger partial charge in [0.2, 0.25) is 0 Å². The van der Waals surface area contributed by atoms with E-state index in [9.17, 15) is 9.59 Å². The van der Waals surface area contributed by atoms with Crippen molar-refractivity contribution in [2.24, 2.45) is 0 Å². The highest BCUT2D eigenvalue weighted by Crippen LogP contribution is 2.31. The van der Waals surface area contributed by atoms with Crippen molar-refractivity contribution < 1.29 is 9.59 Å². The highest BCUT2D eigenvalue weighted by Gasteiger charge is 2.12. The van der Waals surface area contributed by atoms with Crippen LogP contribution in [0.1, 0.15) is 12.8 Å². The molecule has 0 aliphatic carbocycles.